The number of benzene rings is 2. The number of rotatable bonds is 4. The van der Waals surface area contributed by atoms with Crippen molar-refractivity contribution in [3.63, 3.8) is 0 Å². The molecule has 1 aliphatic rings. The zero-order valence-electron chi connectivity index (χ0n) is 16.2. The van der Waals surface area contributed by atoms with Gasteiger partial charge in [0, 0.05) is 31.2 Å². The Labute approximate surface area is 177 Å². The van der Waals surface area contributed by atoms with Crippen molar-refractivity contribution >= 4 is 23.4 Å². The smallest absolute Gasteiger partial charge is 0.417 e. The van der Waals surface area contributed by atoms with Crippen LogP contribution in [0.15, 0.2) is 48.5 Å². The fraction of sp³-hybridized carbons (Fsp3) is 0.333. The SMILES string of the molecule is CC(Oc1ccc(Cl)cc1)C(=O)N1CCN(C(=O)c2ccccc2C(F)(F)F)CC1. The summed E-state index contributed by atoms with van der Waals surface area (Å²) >= 11 is 5.83. The molecular formula is C21H20ClF3N2O3. The molecule has 1 saturated heterocycles. The molecule has 0 aromatic heterocycles. The van der Waals surface area contributed by atoms with Crippen molar-refractivity contribution in [3.8, 4) is 5.75 Å². The van der Waals surface area contributed by atoms with Gasteiger partial charge in [-0.1, -0.05) is 23.7 Å². The number of ether oxygens (including phenoxy) is 1. The number of halogens is 4. The number of carbonyl (C=O) groups excluding carboxylic acids is 2. The minimum atomic E-state index is -4.61. The first-order valence-electron chi connectivity index (χ1n) is 9.33. The maximum Gasteiger partial charge on any atom is 0.417 e. The van der Waals surface area contributed by atoms with Gasteiger partial charge in [0.25, 0.3) is 11.8 Å². The van der Waals surface area contributed by atoms with Gasteiger partial charge >= 0.3 is 6.18 Å². The largest absolute Gasteiger partial charge is 0.481 e. The van der Waals surface area contributed by atoms with Crippen LogP contribution < -0.4 is 4.74 Å². The molecule has 1 aliphatic heterocycles. The molecule has 1 fully saturated rings. The maximum atomic E-state index is 13.2. The summed E-state index contributed by atoms with van der Waals surface area (Å²) in [6.45, 7) is 2.34. The van der Waals surface area contributed by atoms with Crippen molar-refractivity contribution in [1.29, 1.82) is 0 Å². The molecule has 2 aromatic carbocycles. The first-order chi connectivity index (χ1) is 14.2. The van der Waals surface area contributed by atoms with Gasteiger partial charge in [0.2, 0.25) is 0 Å². The van der Waals surface area contributed by atoms with E-state index in [1.54, 1.807) is 36.1 Å². The monoisotopic (exact) mass is 440 g/mol. The first-order valence-corrected chi connectivity index (χ1v) is 9.71. The van der Waals surface area contributed by atoms with Gasteiger partial charge in [-0.25, -0.2) is 0 Å². The third kappa shape index (κ3) is 5.05. The molecule has 0 radical (unpaired) electrons. The summed E-state index contributed by atoms with van der Waals surface area (Å²) in [6.07, 6.45) is -5.36. The molecule has 2 aromatic rings. The lowest BCUT2D eigenvalue weighted by Gasteiger charge is -2.36. The zero-order valence-corrected chi connectivity index (χ0v) is 16.9. The Morgan fingerprint density at radius 1 is 0.967 bits per heavy atom. The molecule has 1 atom stereocenters. The summed E-state index contributed by atoms with van der Waals surface area (Å²) in [5.41, 5.74) is -1.34. The van der Waals surface area contributed by atoms with Crippen LogP contribution in [0.25, 0.3) is 0 Å². The number of nitrogens with zero attached hydrogens (tertiary/aromatic N) is 2. The molecule has 0 saturated carbocycles. The maximum absolute atomic E-state index is 13.2. The zero-order chi connectivity index (χ0) is 21.9. The highest BCUT2D eigenvalue weighted by Gasteiger charge is 2.36. The second-order valence-corrected chi connectivity index (χ2v) is 7.31. The topological polar surface area (TPSA) is 49.9 Å². The van der Waals surface area contributed by atoms with Crippen LogP contribution in [0.2, 0.25) is 5.02 Å². The Balaban J connectivity index is 1.60. The summed E-state index contributed by atoms with van der Waals surface area (Å²) in [6, 6.07) is 11.3. The van der Waals surface area contributed by atoms with Crippen molar-refractivity contribution in [2.24, 2.45) is 0 Å². The van der Waals surface area contributed by atoms with Crippen molar-refractivity contribution < 1.29 is 27.5 Å². The number of alkyl halides is 3. The number of piperazine rings is 1. The Kier molecular flexibility index (Phi) is 6.55. The number of carbonyl (C=O) groups is 2. The highest BCUT2D eigenvalue weighted by molar-refractivity contribution is 6.30. The van der Waals surface area contributed by atoms with E-state index in [1.807, 2.05) is 0 Å². The quantitative estimate of drug-likeness (QED) is 0.719. The fourth-order valence-electron chi connectivity index (χ4n) is 3.24. The minimum Gasteiger partial charge on any atom is -0.481 e. The van der Waals surface area contributed by atoms with E-state index in [4.69, 9.17) is 16.3 Å². The average Bonchev–Trinajstić information content (AvgIpc) is 2.74. The summed E-state index contributed by atoms with van der Waals surface area (Å²) in [7, 11) is 0. The predicted molar refractivity (Wildman–Crippen MR) is 105 cm³/mol. The Morgan fingerprint density at radius 2 is 1.53 bits per heavy atom. The van der Waals surface area contributed by atoms with E-state index in [0.29, 0.717) is 10.8 Å². The molecule has 5 nitrogen and oxygen atoms in total. The molecule has 9 heteroatoms. The summed E-state index contributed by atoms with van der Waals surface area (Å²) in [5, 5.41) is 0.550. The van der Waals surface area contributed by atoms with Gasteiger partial charge in [0.1, 0.15) is 5.75 Å². The van der Waals surface area contributed by atoms with Gasteiger partial charge in [-0.05, 0) is 43.3 Å². The van der Waals surface area contributed by atoms with Crippen LogP contribution in [-0.2, 0) is 11.0 Å². The second-order valence-electron chi connectivity index (χ2n) is 6.87. The highest BCUT2D eigenvalue weighted by Crippen LogP contribution is 2.32. The van der Waals surface area contributed by atoms with E-state index >= 15 is 0 Å². The van der Waals surface area contributed by atoms with E-state index in [0.717, 1.165) is 6.07 Å². The Bertz CT molecular complexity index is 910. The lowest BCUT2D eigenvalue weighted by atomic mass is 10.1. The number of amides is 2. The summed E-state index contributed by atoms with van der Waals surface area (Å²) in [4.78, 5) is 28.1. The molecule has 2 amide bonds. The van der Waals surface area contributed by atoms with Crippen molar-refractivity contribution in [1.82, 2.24) is 9.80 Å². The van der Waals surface area contributed by atoms with Crippen LogP contribution in [0.3, 0.4) is 0 Å². The number of hydrogen-bond acceptors (Lipinski definition) is 3. The van der Waals surface area contributed by atoms with Crippen LogP contribution in [0.4, 0.5) is 13.2 Å². The third-order valence-electron chi connectivity index (χ3n) is 4.82. The van der Waals surface area contributed by atoms with Crippen molar-refractivity contribution in [3.05, 3.63) is 64.7 Å². The standard InChI is InChI=1S/C21H20ClF3N2O3/c1-14(30-16-8-6-15(22)7-9-16)19(28)26-10-12-27(13-11-26)20(29)17-4-2-3-5-18(17)21(23,24)25/h2-9,14H,10-13H2,1H3. The van der Waals surface area contributed by atoms with Crippen LogP contribution in [0, 0.1) is 0 Å². The summed E-state index contributed by atoms with van der Waals surface area (Å²) in [5.74, 6) is -0.453. The fourth-order valence-corrected chi connectivity index (χ4v) is 3.37. The minimum absolute atomic E-state index is 0.143. The van der Waals surface area contributed by atoms with E-state index in [1.165, 1.54) is 23.1 Å². The molecule has 30 heavy (non-hydrogen) atoms. The van der Waals surface area contributed by atoms with Gasteiger partial charge < -0.3 is 14.5 Å². The van der Waals surface area contributed by atoms with Crippen molar-refractivity contribution in [2.75, 3.05) is 26.2 Å². The molecule has 160 valence electrons. The van der Waals surface area contributed by atoms with E-state index in [-0.39, 0.29) is 37.6 Å². The highest BCUT2D eigenvalue weighted by atomic mass is 35.5. The van der Waals surface area contributed by atoms with Gasteiger partial charge in [0.05, 0.1) is 11.1 Å². The van der Waals surface area contributed by atoms with E-state index in [9.17, 15) is 22.8 Å². The lowest BCUT2D eigenvalue weighted by Crippen LogP contribution is -2.53. The van der Waals surface area contributed by atoms with Gasteiger partial charge in [0.15, 0.2) is 6.10 Å². The average molecular weight is 441 g/mol. The summed E-state index contributed by atoms with van der Waals surface area (Å²) < 4.78 is 45.2. The molecule has 1 heterocycles. The normalized spacial score (nSPS) is 15.6. The van der Waals surface area contributed by atoms with Crippen molar-refractivity contribution in [2.45, 2.75) is 19.2 Å². The lowest BCUT2D eigenvalue weighted by molar-refractivity contribution is -0.139. The van der Waals surface area contributed by atoms with Crippen LogP contribution >= 0.6 is 11.6 Å². The third-order valence-corrected chi connectivity index (χ3v) is 5.07. The van der Waals surface area contributed by atoms with Crippen LogP contribution in [0.1, 0.15) is 22.8 Å². The van der Waals surface area contributed by atoms with Gasteiger partial charge in [-0.2, -0.15) is 13.2 Å². The Morgan fingerprint density at radius 3 is 2.13 bits per heavy atom. The second kappa shape index (κ2) is 8.95. The van der Waals surface area contributed by atoms with E-state index < -0.39 is 23.8 Å². The molecule has 0 aliphatic carbocycles. The molecule has 3 rings (SSSR count). The van der Waals surface area contributed by atoms with Crippen LogP contribution in [0.5, 0.6) is 5.75 Å². The van der Waals surface area contributed by atoms with Gasteiger partial charge in [-0.3, -0.25) is 9.59 Å². The number of hydrogen-bond donors (Lipinski definition) is 0. The predicted octanol–water partition coefficient (Wildman–Crippen LogP) is 4.11. The molecule has 0 spiro atoms. The Hall–Kier alpha value is -2.74. The molecule has 1 unspecified atom stereocenters. The van der Waals surface area contributed by atoms with Crippen LogP contribution in [-0.4, -0.2) is 53.9 Å². The molecule has 0 bridgehead atoms. The molecule has 0 N–H and O–H groups in total. The molecular weight excluding hydrogens is 421 g/mol. The van der Waals surface area contributed by atoms with E-state index in [2.05, 4.69) is 0 Å². The van der Waals surface area contributed by atoms with Gasteiger partial charge in [-0.15, -0.1) is 0 Å². The first kappa shape index (κ1) is 22.0.